The van der Waals surface area contributed by atoms with Crippen molar-refractivity contribution in [2.24, 2.45) is 0 Å². The van der Waals surface area contributed by atoms with Crippen molar-refractivity contribution in [3.05, 3.63) is 35.9 Å². The summed E-state index contributed by atoms with van der Waals surface area (Å²) in [5, 5.41) is 8.76. The predicted molar refractivity (Wildman–Crippen MR) is 76.4 cm³/mol. The summed E-state index contributed by atoms with van der Waals surface area (Å²) in [4.78, 5) is 10.7. The molecule has 112 valence electrons. The van der Waals surface area contributed by atoms with E-state index >= 15 is 0 Å². The van der Waals surface area contributed by atoms with E-state index in [0.717, 1.165) is 5.56 Å². The maximum absolute atomic E-state index is 11.8. The van der Waals surface area contributed by atoms with Crippen molar-refractivity contribution in [3.63, 3.8) is 0 Å². The average Bonchev–Trinajstić information content (AvgIpc) is 2.42. The quantitative estimate of drug-likeness (QED) is 0.643. The highest BCUT2D eigenvalue weighted by molar-refractivity contribution is 7.87. The molecule has 0 amide bonds. The zero-order valence-corrected chi connectivity index (χ0v) is 12.2. The van der Waals surface area contributed by atoms with Gasteiger partial charge in [0.2, 0.25) is 0 Å². The number of carbonyl (C=O) groups is 1. The van der Waals surface area contributed by atoms with Crippen LogP contribution in [0.1, 0.15) is 37.8 Å². The van der Waals surface area contributed by atoms with Crippen LogP contribution in [-0.4, -0.2) is 26.0 Å². The Morgan fingerprint density at radius 3 is 2.50 bits per heavy atom. The molecule has 1 aromatic rings. The van der Waals surface area contributed by atoms with Gasteiger partial charge < -0.3 is 5.11 Å². The molecule has 0 aliphatic heterocycles. The van der Waals surface area contributed by atoms with Crippen molar-refractivity contribution in [1.82, 2.24) is 9.44 Å². The van der Waals surface area contributed by atoms with Gasteiger partial charge in [0, 0.05) is 19.0 Å². The third-order valence-electron chi connectivity index (χ3n) is 2.69. The van der Waals surface area contributed by atoms with Gasteiger partial charge in [-0.05, 0) is 18.4 Å². The molecule has 1 rings (SSSR count). The minimum atomic E-state index is -3.63. The molecule has 0 aliphatic carbocycles. The Morgan fingerprint density at radius 2 is 1.95 bits per heavy atom. The van der Waals surface area contributed by atoms with Gasteiger partial charge in [-0.15, -0.1) is 0 Å². The van der Waals surface area contributed by atoms with Gasteiger partial charge in [-0.3, -0.25) is 4.79 Å². The van der Waals surface area contributed by atoms with Crippen LogP contribution in [0.2, 0.25) is 0 Å². The standard InChI is InChI=1S/C13H20N2O4S/c1-2-10-14-20(18,19)15-12(8-9-13(16)17)11-6-4-3-5-7-11/h3-7,12,14-15H,2,8-10H2,1H3,(H,16,17). The third-order valence-corrected chi connectivity index (χ3v) is 3.87. The van der Waals surface area contributed by atoms with Crippen molar-refractivity contribution < 1.29 is 18.3 Å². The van der Waals surface area contributed by atoms with E-state index in [9.17, 15) is 13.2 Å². The van der Waals surface area contributed by atoms with Crippen LogP contribution in [0.4, 0.5) is 0 Å². The fraction of sp³-hybridized carbons (Fsp3) is 0.462. The zero-order chi connectivity index (χ0) is 15.0. The van der Waals surface area contributed by atoms with Crippen LogP contribution in [0.25, 0.3) is 0 Å². The highest BCUT2D eigenvalue weighted by atomic mass is 32.2. The number of nitrogens with one attached hydrogen (secondary N) is 2. The van der Waals surface area contributed by atoms with Gasteiger partial charge in [-0.1, -0.05) is 37.3 Å². The van der Waals surface area contributed by atoms with Crippen molar-refractivity contribution in [2.45, 2.75) is 32.2 Å². The summed E-state index contributed by atoms with van der Waals surface area (Å²) >= 11 is 0. The first-order valence-electron chi connectivity index (χ1n) is 6.48. The lowest BCUT2D eigenvalue weighted by Crippen LogP contribution is -2.39. The van der Waals surface area contributed by atoms with Crippen molar-refractivity contribution >= 4 is 16.2 Å². The molecule has 0 radical (unpaired) electrons. The molecular weight excluding hydrogens is 280 g/mol. The normalized spacial score (nSPS) is 13.1. The summed E-state index contributed by atoms with van der Waals surface area (Å²) in [6.07, 6.45) is 0.786. The molecule has 0 bridgehead atoms. The molecule has 0 aliphatic rings. The van der Waals surface area contributed by atoms with Crippen LogP contribution < -0.4 is 9.44 Å². The Labute approximate surface area is 119 Å². The molecule has 0 spiro atoms. The molecule has 0 heterocycles. The van der Waals surface area contributed by atoms with E-state index in [1.165, 1.54) is 0 Å². The van der Waals surface area contributed by atoms with Crippen LogP contribution in [-0.2, 0) is 15.0 Å². The summed E-state index contributed by atoms with van der Waals surface area (Å²) in [5.41, 5.74) is 0.746. The van der Waals surface area contributed by atoms with Gasteiger partial charge in [0.05, 0.1) is 0 Å². The van der Waals surface area contributed by atoms with E-state index in [-0.39, 0.29) is 12.8 Å². The molecule has 7 heteroatoms. The van der Waals surface area contributed by atoms with Gasteiger partial charge >= 0.3 is 5.97 Å². The molecule has 20 heavy (non-hydrogen) atoms. The highest BCUT2D eigenvalue weighted by Crippen LogP contribution is 2.19. The van der Waals surface area contributed by atoms with E-state index in [1.54, 1.807) is 24.3 Å². The maximum Gasteiger partial charge on any atom is 0.303 e. The summed E-state index contributed by atoms with van der Waals surface area (Å²) in [5.74, 6) is -0.952. The second kappa shape index (κ2) is 7.98. The molecule has 3 N–H and O–H groups in total. The Kier molecular flexibility index (Phi) is 6.63. The third kappa shape index (κ3) is 6.14. The van der Waals surface area contributed by atoms with Gasteiger partial charge in [0.1, 0.15) is 0 Å². The van der Waals surface area contributed by atoms with Crippen molar-refractivity contribution in [1.29, 1.82) is 0 Å². The highest BCUT2D eigenvalue weighted by Gasteiger charge is 2.19. The molecular formula is C13H20N2O4S. The lowest BCUT2D eigenvalue weighted by atomic mass is 10.0. The second-order valence-electron chi connectivity index (χ2n) is 4.41. The van der Waals surface area contributed by atoms with E-state index in [0.29, 0.717) is 13.0 Å². The van der Waals surface area contributed by atoms with Gasteiger partial charge in [-0.25, -0.2) is 4.72 Å². The van der Waals surface area contributed by atoms with Gasteiger partial charge in [-0.2, -0.15) is 13.1 Å². The SMILES string of the molecule is CCCNS(=O)(=O)NC(CCC(=O)O)c1ccccc1. The molecule has 0 saturated heterocycles. The molecule has 1 aromatic carbocycles. The Bertz CT molecular complexity index is 516. The number of carboxylic acid groups (broad SMARTS) is 1. The largest absolute Gasteiger partial charge is 0.481 e. The second-order valence-corrected chi connectivity index (χ2v) is 5.94. The minimum Gasteiger partial charge on any atom is -0.481 e. The minimum absolute atomic E-state index is 0.101. The molecule has 0 saturated carbocycles. The maximum atomic E-state index is 11.8. The van der Waals surface area contributed by atoms with E-state index in [2.05, 4.69) is 9.44 Å². The predicted octanol–water partition coefficient (Wildman–Crippen LogP) is 1.43. The first kappa shape index (κ1) is 16.6. The Hall–Kier alpha value is -1.44. The zero-order valence-electron chi connectivity index (χ0n) is 11.4. The number of aliphatic carboxylic acids is 1. The van der Waals surface area contributed by atoms with E-state index < -0.39 is 22.2 Å². The number of hydrogen-bond donors (Lipinski definition) is 3. The van der Waals surface area contributed by atoms with Crippen LogP contribution in [0.15, 0.2) is 30.3 Å². The Morgan fingerprint density at radius 1 is 1.30 bits per heavy atom. The summed E-state index contributed by atoms with van der Waals surface area (Å²) in [7, 11) is -3.63. The summed E-state index contributed by atoms with van der Waals surface area (Å²) in [6, 6.07) is 8.39. The monoisotopic (exact) mass is 300 g/mol. The molecule has 0 aromatic heterocycles. The van der Waals surface area contributed by atoms with Crippen molar-refractivity contribution in [3.8, 4) is 0 Å². The van der Waals surface area contributed by atoms with Gasteiger partial charge in [0.15, 0.2) is 0 Å². The molecule has 0 fully saturated rings. The molecule has 1 unspecified atom stereocenters. The van der Waals surface area contributed by atoms with Gasteiger partial charge in [0.25, 0.3) is 10.2 Å². The van der Waals surface area contributed by atoms with Crippen LogP contribution in [0.3, 0.4) is 0 Å². The van der Waals surface area contributed by atoms with E-state index in [4.69, 9.17) is 5.11 Å². The van der Waals surface area contributed by atoms with Crippen molar-refractivity contribution in [2.75, 3.05) is 6.54 Å². The first-order valence-corrected chi connectivity index (χ1v) is 7.96. The lowest BCUT2D eigenvalue weighted by molar-refractivity contribution is -0.137. The summed E-state index contributed by atoms with van der Waals surface area (Å²) < 4.78 is 28.6. The lowest BCUT2D eigenvalue weighted by Gasteiger charge is -2.18. The Balaban J connectivity index is 2.80. The summed E-state index contributed by atoms with van der Waals surface area (Å²) in [6.45, 7) is 2.21. The number of hydrogen-bond acceptors (Lipinski definition) is 3. The molecule has 6 nitrogen and oxygen atoms in total. The number of rotatable bonds is 9. The fourth-order valence-corrected chi connectivity index (χ4v) is 2.90. The molecule has 1 atom stereocenters. The fourth-order valence-electron chi connectivity index (χ4n) is 1.71. The average molecular weight is 300 g/mol. The topological polar surface area (TPSA) is 95.5 Å². The van der Waals surface area contributed by atoms with Crippen LogP contribution >= 0.6 is 0 Å². The van der Waals surface area contributed by atoms with Crippen LogP contribution in [0, 0.1) is 0 Å². The van der Waals surface area contributed by atoms with E-state index in [1.807, 2.05) is 13.0 Å². The number of benzene rings is 1. The smallest absolute Gasteiger partial charge is 0.303 e. The first-order chi connectivity index (χ1) is 9.44. The number of carboxylic acids is 1. The van der Waals surface area contributed by atoms with Crippen LogP contribution in [0.5, 0.6) is 0 Å².